The number of rotatable bonds is 6. The van der Waals surface area contributed by atoms with Gasteiger partial charge in [-0.2, -0.15) is 0 Å². The fourth-order valence-electron chi connectivity index (χ4n) is 1.84. The Balaban J connectivity index is 2.91. The van der Waals surface area contributed by atoms with E-state index in [4.69, 9.17) is 9.88 Å². The van der Waals surface area contributed by atoms with Crippen molar-refractivity contribution in [2.75, 3.05) is 12.4 Å². The zero-order chi connectivity index (χ0) is 15.6. The molecule has 0 aliphatic rings. The molecule has 0 saturated carbocycles. The maximum absolute atomic E-state index is 11.1. The molecule has 20 heavy (non-hydrogen) atoms. The van der Waals surface area contributed by atoms with Crippen molar-refractivity contribution < 1.29 is 18.1 Å². The topological polar surface area (TPSA) is 113 Å². The SMILES string of the molecule is Cc1cccc(OCC(C)(C)CS(N)(=O)=O)c1[N+](=O)[O-]. The van der Waals surface area contributed by atoms with Crippen LogP contribution < -0.4 is 9.88 Å². The number of hydrogen-bond donors (Lipinski definition) is 1. The summed E-state index contributed by atoms with van der Waals surface area (Å²) in [5, 5.41) is 16.0. The molecular weight excluding hydrogens is 284 g/mol. The van der Waals surface area contributed by atoms with E-state index in [0.29, 0.717) is 5.56 Å². The van der Waals surface area contributed by atoms with Gasteiger partial charge in [0.05, 0.1) is 17.3 Å². The average Bonchev–Trinajstić information content (AvgIpc) is 2.22. The number of nitrogens with two attached hydrogens (primary N) is 1. The Bertz CT molecular complexity index is 610. The van der Waals surface area contributed by atoms with Crippen LogP contribution >= 0.6 is 0 Å². The van der Waals surface area contributed by atoms with Crippen molar-refractivity contribution in [3.63, 3.8) is 0 Å². The lowest BCUT2D eigenvalue weighted by Crippen LogP contribution is -2.33. The van der Waals surface area contributed by atoms with E-state index in [1.165, 1.54) is 6.07 Å². The molecule has 0 spiro atoms. The summed E-state index contributed by atoms with van der Waals surface area (Å²) in [6.45, 7) is 4.95. The minimum Gasteiger partial charge on any atom is -0.486 e. The van der Waals surface area contributed by atoms with Crippen LogP contribution in [0.3, 0.4) is 0 Å². The van der Waals surface area contributed by atoms with Crippen LogP contribution in [0.15, 0.2) is 18.2 Å². The maximum atomic E-state index is 11.1. The number of benzene rings is 1. The first-order valence-corrected chi connectivity index (χ1v) is 7.61. The van der Waals surface area contributed by atoms with Gasteiger partial charge in [-0.1, -0.05) is 26.0 Å². The van der Waals surface area contributed by atoms with Gasteiger partial charge in [0.25, 0.3) is 0 Å². The van der Waals surface area contributed by atoms with Crippen molar-refractivity contribution in [2.45, 2.75) is 20.8 Å². The molecule has 7 nitrogen and oxygen atoms in total. The van der Waals surface area contributed by atoms with Gasteiger partial charge in [0.1, 0.15) is 0 Å². The molecule has 0 saturated heterocycles. The van der Waals surface area contributed by atoms with Crippen LogP contribution in [-0.2, 0) is 10.0 Å². The number of aryl methyl sites for hydroxylation is 1. The summed E-state index contributed by atoms with van der Waals surface area (Å²) in [5.41, 5.74) is -0.374. The fourth-order valence-corrected chi connectivity index (χ4v) is 3.01. The standard InChI is InChI=1S/C12H18N2O5S/c1-9-5-4-6-10(11(9)14(15)16)19-7-12(2,3)8-20(13,17)18/h4-6H,7-8H2,1-3H3,(H2,13,17,18). The highest BCUT2D eigenvalue weighted by atomic mass is 32.2. The van der Waals surface area contributed by atoms with E-state index < -0.39 is 20.4 Å². The molecule has 0 heterocycles. The third-order valence-electron chi connectivity index (χ3n) is 2.59. The molecule has 0 unspecified atom stereocenters. The van der Waals surface area contributed by atoms with Crippen molar-refractivity contribution in [3.8, 4) is 5.75 Å². The predicted molar refractivity (Wildman–Crippen MR) is 75.1 cm³/mol. The lowest BCUT2D eigenvalue weighted by atomic mass is 9.98. The lowest BCUT2D eigenvalue weighted by molar-refractivity contribution is -0.386. The summed E-state index contributed by atoms with van der Waals surface area (Å²) in [6.07, 6.45) is 0. The molecule has 0 radical (unpaired) electrons. The predicted octanol–water partition coefficient (Wildman–Crippen LogP) is 1.60. The zero-order valence-electron chi connectivity index (χ0n) is 11.6. The van der Waals surface area contributed by atoms with E-state index in [9.17, 15) is 18.5 Å². The third-order valence-corrected chi connectivity index (χ3v) is 3.78. The van der Waals surface area contributed by atoms with Crippen molar-refractivity contribution >= 4 is 15.7 Å². The second kappa shape index (κ2) is 5.76. The molecule has 1 rings (SSSR count). The van der Waals surface area contributed by atoms with Gasteiger partial charge in [-0.15, -0.1) is 0 Å². The summed E-state index contributed by atoms with van der Waals surface area (Å²) < 4.78 is 27.6. The van der Waals surface area contributed by atoms with Crippen LogP contribution in [0.4, 0.5) is 5.69 Å². The molecule has 0 amide bonds. The largest absolute Gasteiger partial charge is 0.486 e. The van der Waals surface area contributed by atoms with Gasteiger partial charge in [0, 0.05) is 11.0 Å². The van der Waals surface area contributed by atoms with Crippen LogP contribution in [0, 0.1) is 22.5 Å². The number of nitro benzene ring substituents is 1. The minimum absolute atomic E-state index is 0.00766. The van der Waals surface area contributed by atoms with Crippen molar-refractivity contribution in [1.82, 2.24) is 0 Å². The summed E-state index contributed by atoms with van der Waals surface area (Å²) in [4.78, 5) is 10.5. The molecule has 0 aliphatic heterocycles. The van der Waals surface area contributed by atoms with Crippen molar-refractivity contribution in [2.24, 2.45) is 10.6 Å². The number of ether oxygens (including phenoxy) is 1. The fraction of sp³-hybridized carbons (Fsp3) is 0.500. The number of sulfonamides is 1. The Morgan fingerprint density at radius 3 is 2.50 bits per heavy atom. The van der Waals surface area contributed by atoms with Gasteiger partial charge in [-0.25, -0.2) is 13.6 Å². The second-order valence-corrected chi connectivity index (χ2v) is 7.05. The highest BCUT2D eigenvalue weighted by Gasteiger charge is 2.27. The second-order valence-electron chi connectivity index (χ2n) is 5.44. The number of nitro groups is 1. The maximum Gasteiger partial charge on any atom is 0.313 e. The third kappa shape index (κ3) is 4.78. The quantitative estimate of drug-likeness (QED) is 0.633. The van der Waals surface area contributed by atoms with Crippen molar-refractivity contribution in [3.05, 3.63) is 33.9 Å². The Labute approximate surface area is 117 Å². The summed E-state index contributed by atoms with van der Waals surface area (Å²) >= 11 is 0. The monoisotopic (exact) mass is 302 g/mol. The number of para-hydroxylation sites is 1. The Kier molecular flexibility index (Phi) is 4.72. The first kappa shape index (κ1) is 16.4. The van der Waals surface area contributed by atoms with Gasteiger partial charge in [0.2, 0.25) is 10.0 Å². The van der Waals surface area contributed by atoms with Gasteiger partial charge >= 0.3 is 5.69 Å². The average molecular weight is 302 g/mol. The highest BCUT2D eigenvalue weighted by Crippen LogP contribution is 2.31. The van der Waals surface area contributed by atoms with E-state index in [0.717, 1.165) is 0 Å². The molecule has 1 aromatic rings. The molecule has 0 bridgehead atoms. The number of primary sulfonamides is 1. The molecule has 0 aliphatic carbocycles. The smallest absolute Gasteiger partial charge is 0.313 e. The Morgan fingerprint density at radius 1 is 1.40 bits per heavy atom. The minimum atomic E-state index is -3.63. The summed E-state index contributed by atoms with van der Waals surface area (Å²) in [6, 6.07) is 4.74. The summed E-state index contributed by atoms with van der Waals surface area (Å²) in [7, 11) is -3.63. The van der Waals surface area contributed by atoms with Crippen LogP contribution in [0.5, 0.6) is 5.75 Å². The van der Waals surface area contributed by atoms with Gasteiger partial charge in [-0.3, -0.25) is 10.1 Å². The molecule has 0 atom stereocenters. The first-order valence-electron chi connectivity index (χ1n) is 5.89. The van der Waals surface area contributed by atoms with Gasteiger partial charge in [0.15, 0.2) is 5.75 Å². The van der Waals surface area contributed by atoms with E-state index in [-0.39, 0.29) is 23.8 Å². The van der Waals surface area contributed by atoms with E-state index >= 15 is 0 Å². The molecular formula is C12H18N2O5S. The highest BCUT2D eigenvalue weighted by molar-refractivity contribution is 7.89. The first-order chi connectivity index (χ1) is 9.02. The number of nitrogens with zero attached hydrogens (tertiary/aromatic N) is 1. The van der Waals surface area contributed by atoms with E-state index in [2.05, 4.69) is 0 Å². The van der Waals surface area contributed by atoms with Crippen molar-refractivity contribution in [1.29, 1.82) is 0 Å². The van der Waals surface area contributed by atoms with Gasteiger partial charge < -0.3 is 4.74 Å². The van der Waals surface area contributed by atoms with Crippen LogP contribution in [-0.4, -0.2) is 25.7 Å². The normalized spacial score (nSPS) is 12.2. The molecule has 1 aromatic carbocycles. The Morgan fingerprint density at radius 2 is 2.00 bits per heavy atom. The van der Waals surface area contributed by atoms with E-state index in [1.54, 1.807) is 32.9 Å². The van der Waals surface area contributed by atoms with Crippen LogP contribution in [0.25, 0.3) is 0 Å². The molecule has 0 fully saturated rings. The lowest BCUT2D eigenvalue weighted by Gasteiger charge is -2.23. The molecule has 8 heteroatoms. The molecule has 0 aromatic heterocycles. The van der Waals surface area contributed by atoms with E-state index in [1.807, 2.05) is 0 Å². The van der Waals surface area contributed by atoms with Gasteiger partial charge in [-0.05, 0) is 13.0 Å². The summed E-state index contributed by atoms with van der Waals surface area (Å²) in [5.74, 6) is -0.142. The molecule has 112 valence electrons. The van der Waals surface area contributed by atoms with Crippen LogP contribution in [0.1, 0.15) is 19.4 Å². The Hall–Kier alpha value is -1.67. The molecule has 2 N–H and O–H groups in total. The zero-order valence-corrected chi connectivity index (χ0v) is 12.4. The van der Waals surface area contributed by atoms with Crippen LogP contribution in [0.2, 0.25) is 0 Å². The number of hydrogen-bond acceptors (Lipinski definition) is 5.